The highest BCUT2D eigenvalue weighted by atomic mass is 15.1. The minimum absolute atomic E-state index is 0.927. The number of aromatic amines is 2. The van der Waals surface area contributed by atoms with Crippen LogP contribution >= 0.6 is 0 Å². The first-order valence-electron chi connectivity index (χ1n) is 9.33. The standard InChI is InChI=1S/C23H21N5/c1-28(2)14-15-5-7-20-18(10-15)12-22(25-20)23-19-11-16(6-8-21(19)26-27-23)17-4-3-9-24-13-17/h3-13,25H,14H2,1-2H3,(H,26,27). The lowest BCUT2D eigenvalue weighted by Gasteiger charge is -2.09. The second kappa shape index (κ2) is 6.62. The molecule has 0 fully saturated rings. The number of nitrogens with zero attached hydrogens (tertiary/aromatic N) is 3. The Labute approximate surface area is 163 Å². The van der Waals surface area contributed by atoms with Gasteiger partial charge >= 0.3 is 0 Å². The van der Waals surface area contributed by atoms with Crippen molar-refractivity contribution in [2.75, 3.05) is 14.1 Å². The molecule has 0 saturated heterocycles. The number of H-pyrrole nitrogens is 2. The Morgan fingerprint density at radius 1 is 0.929 bits per heavy atom. The van der Waals surface area contributed by atoms with Crippen molar-refractivity contribution < 1.29 is 0 Å². The van der Waals surface area contributed by atoms with Gasteiger partial charge in [0, 0.05) is 40.8 Å². The van der Waals surface area contributed by atoms with Crippen LogP contribution in [0.15, 0.2) is 67.0 Å². The highest BCUT2D eigenvalue weighted by Crippen LogP contribution is 2.31. The first-order chi connectivity index (χ1) is 13.7. The highest BCUT2D eigenvalue weighted by Gasteiger charge is 2.12. The molecule has 28 heavy (non-hydrogen) atoms. The summed E-state index contributed by atoms with van der Waals surface area (Å²) < 4.78 is 0. The van der Waals surface area contributed by atoms with Gasteiger partial charge in [-0.05, 0) is 61.6 Å². The van der Waals surface area contributed by atoms with E-state index >= 15 is 0 Å². The molecule has 0 spiro atoms. The van der Waals surface area contributed by atoms with Gasteiger partial charge < -0.3 is 9.88 Å². The lowest BCUT2D eigenvalue weighted by molar-refractivity contribution is 0.403. The van der Waals surface area contributed by atoms with E-state index in [1.54, 1.807) is 6.20 Å². The van der Waals surface area contributed by atoms with Crippen LogP contribution in [0.5, 0.6) is 0 Å². The molecular weight excluding hydrogens is 346 g/mol. The molecule has 5 rings (SSSR count). The normalized spacial score (nSPS) is 11.7. The Morgan fingerprint density at radius 3 is 2.64 bits per heavy atom. The fourth-order valence-corrected chi connectivity index (χ4v) is 3.71. The van der Waals surface area contributed by atoms with Crippen molar-refractivity contribution in [3.63, 3.8) is 0 Å². The van der Waals surface area contributed by atoms with Crippen molar-refractivity contribution in [3.8, 4) is 22.5 Å². The summed E-state index contributed by atoms with van der Waals surface area (Å²) in [7, 11) is 4.17. The number of aromatic nitrogens is 4. The van der Waals surface area contributed by atoms with Crippen molar-refractivity contribution in [1.82, 2.24) is 25.1 Å². The van der Waals surface area contributed by atoms with Crippen LogP contribution in [-0.2, 0) is 6.54 Å². The molecule has 138 valence electrons. The van der Waals surface area contributed by atoms with Crippen molar-refractivity contribution in [2.24, 2.45) is 0 Å². The molecule has 0 unspecified atom stereocenters. The number of pyridine rings is 1. The van der Waals surface area contributed by atoms with Crippen molar-refractivity contribution >= 4 is 21.8 Å². The van der Waals surface area contributed by atoms with Crippen LogP contribution < -0.4 is 0 Å². The van der Waals surface area contributed by atoms with Gasteiger partial charge in [0.1, 0.15) is 5.69 Å². The second-order valence-corrected chi connectivity index (χ2v) is 7.42. The molecule has 3 heterocycles. The topological polar surface area (TPSA) is 60.6 Å². The summed E-state index contributed by atoms with van der Waals surface area (Å²) in [6.07, 6.45) is 3.68. The van der Waals surface area contributed by atoms with Gasteiger partial charge in [-0.1, -0.05) is 18.2 Å². The molecule has 0 bridgehead atoms. The molecule has 5 aromatic rings. The van der Waals surface area contributed by atoms with E-state index in [4.69, 9.17) is 0 Å². The molecule has 0 saturated carbocycles. The second-order valence-electron chi connectivity index (χ2n) is 7.42. The lowest BCUT2D eigenvalue weighted by Crippen LogP contribution is -2.10. The third-order valence-corrected chi connectivity index (χ3v) is 5.00. The van der Waals surface area contributed by atoms with Crippen LogP contribution in [0, 0.1) is 0 Å². The maximum atomic E-state index is 4.59. The number of hydrogen-bond donors (Lipinski definition) is 2. The lowest BCUT2D eigenvalue weighted by atomic mass is 10.0. The fraction of sp³-hybridized carbons (Fsp3) is 0.130. The molecule has 2 N–H and O–H groups in total. The summed E-state index contributed by atoms with van der Waals surface area (Å²) in [5.74, 6) is 0. The van der Waals surface area contributed by atoms with E-state index in [1.165, 1.54) is 10.9 Å². The molecule has 2 aromatic carbocycles. The van der Waals surface area contributed by atoms with Crippen molar-refractivity contribution in [1.29, 1.82) is 0 Å². The Bertz CT molecular complexity index is 1260. The van der Waals surface area contributed by atoms with Gasteiger partial charge in [-0.2, -0.15) is 5.10 Å². The smallest absolute Gasteiger partial charge is 0.116 e. The Kier molecular flexibility index (Phi) is 3.95. The number of fused-ring (bicyclic) bond motifs is 2. The predicted octanol–water partition coefficient (Wildman–Crippen LogP) is 4.83. The third kappa shape index (κ3) is 2.96. The largest absolute Gasteiger partial charge is 0.353 e. The molecule has 0 aliphatic carbocycles. The van der Waals surface area contributed by atoms with Gasteiger partial charge in [0.2, 0.25) is 0 Å². The Balaban J connectivity index is 1.60. The zero-order chi connectivity index (χ0) is 19.1. The number of rotatable bonds is 4. The van der Waals surface area contributed by atoms with Crippen LogP contribution in [0.3, 0.4) is 0 Å². The van der Waals surface area contributed by atoms with Gasteiger partial charge in [0.05, 0.1) is 11.2 Å². The highest BCUT2D eigenvalue weighted by molar-refractivity contribution is 5.97. The number of nitrogens with one attached hydrogen (secondary N) is 2. The first-order valence-corrected chi connectivity index (χ1v) is 9.33. The van der Waals surface area contributed by atoms with Gasteiger partial charge in [0.15, 0.2) is 0 Å². The summed E-state index contributed by atoms with van der Waals surface area (Å²) in [5, 5.41) is 10.0. The molecule has 0 amide bonds. The number of hydrogen-bond acceptors (Lipinski definition) is 3. The summed E-state index contributed by atoms with van der Waals surface area (Å²) in [5.41, 5.74) is 7.63. The average molecular weight is 367 g/mol. The summed E-state index contributed by atoms with van der Waals surface area (Å²) >= 11 is 0. The van der Waals surface area contributed by atoms with Gasteiger partial charge in [0.25, 0.3) is 0 Å². The zero-order valence-electron chi connectivity index (χ0n) is 15.9. The van der Waals surface area contributed by atoms with Crippen LogP contribution in [0.4, 0.5) is 0 Å². The summed E-state index contributed by atoms with van der Waals surface area (Å²) in [6.45, 7) is 0.927. The Hall–Kier alpha value is -3.44. The van der Waals surface area contributed by atoms with Crippen LogP contribution in [-0.4, -0.2) is 39.2 Å². The van der Waals surface area contributed by atoms with E-state index in [-0.39, 0.29) is 0 Å². The monoisotopic (exact) mass is 367 g/mol. The molecular formula is C23H21N5. The molecule has 5 heteroatoms. The van der Waals surface area contributed by atoms with Crippen LogP contribution in [0.1, 0.15) is 5.56 Å². The minimum atomic E-state index is 0.927. The van der Waals surface area contributed by atoms with Gasteiger partial charge in [-0.3, -0.25) is 10.1 Å². The molecule has 0 radical (unpaired) electrons. The maximum absolute atomic E-state index is 4.59. The van der Waals surface area contributed by atoms with Gasteiger partial charge in [-0.15, -0.1) is 0 Å². The average Bonchev–Trinajstić information content (AvgIpc) is 3.31. The predicted molar refractivity (Wildman–Crippen MR) is 114 cm³/mol. The van der Waals surface area contributed by atoms with E-state index < -0.39 is 0 Å². The van der Waals surface area contributed by atoms with E-state index in [0.717, 1.165) is 45.5 Å². The Morgan fingerprint density at radius 2 is 1.82 bits per heavy atom. The number of benzene rings is 2. The van der Waals surface area contributed by atoms with E-state index in [9.17, 15) is 0 Å². The zero-order valence-corrected chi connectivity index (χ0v) is 15.9. The van der Waals surface area contributed by atoms with Crippen LogP contribution in [0.2, 0.25) is 0 Å². The first kappa shape index (κ1) is 16.7. The molecule has 5 nitrogen and oxygen atoms in total. The van der Waals surface area contributed by atoms with Crippen LogP contribution in [0.25, 0.3) is 44.3 Å². The van der Waals surface area contributed by atoms with Gasteiger partial charge in [-0.25, -0.2) is 0 Å². The van der Waals surface area contributed by atoms with Crippen molar-refractivity contribution in [2.45, 2.75) is 6.54 Å². The minimum Gasteiger partial charge on any atom is -0.353 e. The van der Waals surface area contributed by atoms with Crippen molar-refractivity contribution in [3.05, 3.63) is 72.6 Å². The van der Waals surface area contributed by atoms with E-state index in [2.05, 4.69) is 87.7 Å². The maximum Gasteiger partial charge on any atom is 0.116 e. The summed E-state index contributed by atoms with van der Waals surface area (Å²) in [6, 6.07) is 19.1. The SMILES string of the molecule is CN(C)Cc1ccc2[nH]c(-c3n[nH]c4ccc(-c5cccnc5)cc34)cc2c1. The van der Waals surface area contributed by atoms with E-state index in [1.807, 2.05) is 12.3 Å². The van der Waals surface area contributed by atoms with E-state index in [0.29, 0.717) is 0 Å². The third-order valence-electron chi connectivity index (χ3n) is 5.00. The molecule has 0 aliphatic rings. The fourth-order valence-electron chi connectivity index (χ4n) is 3.71. The summed E-state index contributed by atoms with van der Waals surface area (Å²) in [4.78, 5) is 9.93. The molecule has 0 atom stereocenters. The molecule has 3 aromatic heterocycles. The molecule has 0 aliphatic heterocycles. The quantitative estimate of drug-likeness (QED) is 0.478.